The molecule has 0 bridgehead atoms. The van der Waals surface area contributed by atoms with Crippen molar-refractivity contribution in [2.24, 2.45) is 0 Å². The smallest absolute Gasteiger partial charge is 0.341 e. The Morgan fingerprint density at radius 1 is 1.30 bits per heavy atom. The minimum absolute atomic E-state index is 0.303. The van der Waals surface area contributed by atoms with Crippen LogP contribution in [0.25, 0.3) is 0 Å². The Morgan fingerprint density at radius 3 is 2.70 bits per heavy atom. The Balaban J connectivity index is 1.84. The molecule has 20 heavy (non-hydrogen) atoms. The van der Waals surface area contributed by atoms with Gasteiger partial charge in [0.05, 0.1) is 6.61 Å². The maximum absolute atomic E-state index is 12.0. The normalized spacial score (nSPS) is 10.6. The largest absolute Gasteiger partial charge is 0.465 e. The van der Waals surface area contributed by atoms with Gasteiger partial charge in [0.15, 0.2) is 0 Å². The average molecular weight is 273 g/mol. The monoisotopic (exact) mass is 273 g/mol. The maximum atomic E-state index is 12.0. The van der Waals surface area contributed by atoms with Crippen molar-refractivity contribution in [1.82, 2.24) is 4.98 Å². The molecule has 0 unspecified atom stereocenters. The maximum Gasteiger partial charge on any atom is 0.341 e. The van der Waals surface area contributed by atoms with Crippen molar-refractivity contribution in [2.75, 3.05) is 6.61 Å². The number of aromatic nitrogens is 1. The standard InChI is InChI=1S/C16H19NO3/c1-11-12(2)20-13(3)15(11)16(18)19-9-5-7-14-6-4-8-17-10-14/h4,6,8,10H,5,7,9H2,1-3H3. The van der Waals surface area contributed by atoms with E-state index in [4.69, 9.17) is 9.15 Å². The molecule has 0 N–H and O–H groups in total. The van der Waals surface area contributed by atoms with E-state index in [1.807, 2.05) is 32.2 Å². The van der Waals surface area contributed by atoms with Crippen LogP contribution in [0.15, 0.2) is 28.9 Å². The lowest BCUT2D eigenvalue weighted by Gasteiger charge is -2.05. The van der Waals surface area contributed by atoms with E-state index in [1.165, 1.54) is 0 Å². The third kappa shape index (κ3) is 3.26. The topological polar surface area (TPSA) is 52.3 Å². The van der Waals surface area contributed by atoms with Crippen LogP contribution in [-0.4, -0.2) is 17.6 Å². The van der Waals surface area contributed by atoms with Crippen molar-refractivity contribution in [3.05, 3.63) is 52.7 Å². The molecule has 0 saturated heterocycles. The van der Waals surface area contributed by atoms with Crippen LogP contribution in [0.5, 0.6) is 0 Å². The lowest BCUT2D eigenvalue weighted by molar-refractivity contribution is 0.0498. The SMILES string of the molecule is Cc1oc(C)c(C(=O)OCCCc2cccnc2)c1C. The zero-order chi connectivity index (χ0) is 14.5. The van der Waals surface area contributed by atoms with Crippen molar-refractivity contribution < 1.29 is 13.9 Å². The third-order valence-electron chi connectivity index (χ3n) is 3.33. The molecule has 0 spiro atoms. The number of esters is 1. The van der Waals surface area contributed by atoms with Gasteiger partial charge in [-0.15, -0.1) is 0 Å². The van der Waals surface area contributed by atoms with Crippen LogP contribution in [0.2, 0.25) is 0 Å². The number of hydrogen-bond donors (Lipinski definition) is 0. The number of furan rings is 1. The number of hydrogen-bond acceptors (Lipinski definition) is 4. The molecule has 2 aromatic rings. The molecule has 0 aromatic carbocycles. The molecule has 0 amide bonds. The van der Waals surface area contributed by atoms with Crippen LogP contribution in [0.4, 0.5) is 0 Å². The first-order chi connectivity index (χ1) is 9.59. The van der Waals surface area contributed by atoms with E-state index < -0.39 is 0 Å². The molecule has 0 radical (unpaired) electrons. The number of rotatable bonds is 5. The van der Waals surface area contributed by atoms with E-state index in [1.54, 1.807) is 13.1 Å². The first kappa shape index (κ1) is 14.3. The Labute approximate surface area is 118 Å². The van der Waals surface area contributed by atoms with E-state index in [9.17, 15) is 4.79 Å². The van der Waals surface area contributed by atoms with E-state index in [2.05, 4.69) is 4.98 Å². The predicted molar refractivity (Wildman–Crippen MR) is 75.8 cm³/mol. The summed E-state index contributed by atoms with van der Waals surface area (Å²) in [5.74, 6) is 1.09. The summed E-state index contributed by atoms with van der Waals surface area (Å²) in [4.78, 5) is 16.1. The van der Waals surface area contributed by atoms with Gasteiger partial charge in [-0.3, -0.25) is 4.98 Å². The fraction of sp³-hybridized carbons (Fsp3) is 0.375. The second-order valence-electron chi connectivity index (χ2n) is 4.82. The molecule has 2 heterocycles. The van der Waals surface area contributed by atoms with E-state index >= 15 is 0 Å². The van der Waals surface area contributed by atoms with Crippen LogP contribution < -0.4 is 0 Å². The summed E-state index contributed by atoms with van der Waals surface area (Å²) in [6.07, 6.45) is 5.21. The molecule has 0 fully saturated rings. The molecule has 0 saturated carbocycles. The van der Waals surface area contributed by atoms with Crippen molar-refractivity contribution in [3.63, 3.8) is 0 Å². The quantitative estimate of drug-likeness (QED) is 0.619. The van der Waals surface area contributed by atoms with Crippen LogP contribution >= 0.6 is 0 Å². The summed E-state index contributed by atoms with van der Waals surface area (Å²) in [6, 6.07) is 3.92. The molecule has 0 aliphatic heterocycles. The summed E-state index contributed by atoms with van der Waals surface area (Å²) >= 11 is 0. The molecular weight excluding hydrogens is 254 g/mol. The van der Waals surface area contributed by atoms with Gasteiger partial charge in [-0.2, -0.15) is 0 Å². The number of ether oxygens (including phenoxy) is 1. The number of aryl methyl sites for hydroxylation is 3. The van der Waals surface area contributed by atoms with Gasteiger partial charge in [-0.1, -0.05) is 6.07 Å². The van der Waals surface area contributed by atoms with Gasteiger partial charge in [0.25, 0.3) is 0 Å². The highest BCUT2D eigenvalue weighted by molar-refractivity contribution is 5.92. The van der Waals surface area contributed by atoms with Crippen LogP contribution in [-0.2, 0) is 11.2 Å². The first-order valence-corrected chi connectivity index (χ1v) is 6.72. The summed E-state index contributed by atoms with van der Waals surface area (Å²) in [5.41, 5.74) is 2.57. The molecular formula is C16H19NO3. The third-order valence-corrected chi connectivity index (χ3v) is 3.33. The lowest BCUT2D eigenvalue weighted by Crippen LogP contribution is -2.09. The number of carbonyl (C=O) groups is 1. The second kappa shape index (κ2) is 6.37. The zero-order valence-electron chi connectivity index (χ0n) is 12.1. The van der Waals surface area contributed by atoms with Crippen molar-refractivity contribution >= 4 is 5.97 Å². The molecule has 2 rings (SSSR count). The van der Waals surface area contributed by atoms with Gasteiger partial charge >= 0.3 is 5.97 Å². The summed E-state index contributed by atoms with van der Waals surface area (Å²) in [7, 11) is 0. The number of carbonyl (C=O) groups excluding carboxylic acids is 1. The van der Waals surface area contributed by atoms with Crippen LogP contribution in [0.1, 0.15) is 39.4 Å². The fourth-order valence-corrected chi connectivity index (χ4v) is 2.15. The van der Waals surface area contributed by atoms with Crippen molar-refractivity contribution in [3.8, 4) is 0 Å². The summed E-state index contributed by atoms with van der Waals surface area (Å²) in [6.45, 7) is 5.91. The van der Waals surface area contributed by atoms with Gasteiger partial charge < -0.3 is 9.15 Å². The highest BCUT2D eigenvalue weighted by Crippen LogP contribution is 2.21. The highest BCUT2D eigenvalue weighted by atomic mass is 16.5. The zero-order valence-corrected chi connectivity index (χ0v) is 12.1. The van der Waals surface area contributed by atoms with Crippen molar-refractivity contribution in [2.45, 2.75) is 33.6 Å². The Hall–Kier alpha value is -2.10. The van der Waals surface area contributed by atoms with Gasteiger partial charge in [-0.25, -0.2) is 4.79 Å². The summed E-state index contributed by atoms with van der Waals surface area (Å²) in [5, 5.41) is 0. The highest BCUT2D eigenvalue weighted by Gasteiger charge is 2.19. The molecule has 106 valence electrons. The number of pyridine rings is 1. The van der Waals surface area contributed by atoms with E-state index in [0.717, 1.165) is 29.7 Å². The van der Waals surface area contributed by atoms with Gasteiger partial charge in [-0.05, 0) is 45.2 Å². The minimum Gasteiger partial charge on any atom is -0.465 e. The Bertz CT molecular complexity index is 587. The minimum atomic E-state index is -0.303. The molecule has 0 aliphatic rings. The molecule has 4 nitrogen and oxygen atoms in total. The van der Waals surface area contributed by atoms with Gasteiger partial charge in [0.2, 0.25) is 0 Å². The van der Waals surface area contributed by atoms with E-state index in [-0.39, 0.29) is 5.97 Å². The Kier molecular flexibility index (Phi) is 4.56. The van der Waals surface area contributed by atoms with Crippen LogP contribution in [0.3, 0.4) is 0 Å². The van der Waals surface area contributed by atoms with Crippen molar-refractivity contribution in [1.29, 1.82) is 0 Å². The molecule has 0 atom stereocenters. The average Bonchev–Trinajstić information content (AvgIpc) is 2.69. The van der Waals surface area contributed by atoms with Crippen LogP contribution in [0, 0.1) is 20.8 Å². The fourth-order valence-electron chi connectivity index (χ4n) is 2.15. The first-order valence-electron chi connectivity index (χ1n) is 6.72. The number of nitrogens with zero attached hydrogens (tertiary/aromatic N) is 1. The molecule has 4 heteroatoms. The summed E-state index contributed by atoms with van der Waals surface area (Å²) < 4.78 is 10.7. The molecule has 0 aliphatic carbocycles. The molecule has 2 aromatic heterocycles. The second-order valence-corrected chi connectivity index (χ2v) is 4.82. The van der Waals surface area contributed by atoms with E-state index in [0.29, 0.717) is 17.9 Å². The van der Waals surface area contributed by atoms with Gasteiger partial charge in [0, 0.05) is 18.0 Å². The predicted octanol–water partition coefficient (Wildman–Crippen LogP) is 3.39. The van der Waals surface area contributed by atoms with Gasteiger partial charge in [0.1, 0.15) is 17.1 Å². The Morgan fingerprint density at radius 2 is 2.10 bits per heavy atom. The lowest BCUT2D eigenvalue weighted by atomic mass is 10.1.